The molecule has 288 valence electrons. The summed E-state index contributed by atoms with van der Waals surface area (Å²) in [5, 5.41) is 0. The SMILES string of the molecule is CCCCCCCCCCCCCCCCO[C@H](C)C(OC(=O)C(CC)CCCCCCCCCCCCCC)OP(=O)([O-])OCCN. The van der Waals surface area contributed by atoms with Crippen LogP contribution in [0.4, 0.5) is 0 Å². The van der Waals surface area contributed by atoms with Crippen molar-refractivity contribution in [1.82, 2.24) is 0 Å². The van der Waals surface area contributed by atoms with E-state index in [4.69, 9.17) is 24.3 Å². The number of carbonyl (C=O) groups excluding carboxylic acids is 1. The molecule has 0 aliphatic rings. The summed E-state index contributed by atoms with van der Waals surface area (Å²) in [6.07, 6.45) is 32.1. The number of esters is 1. The van der Waals surface area contributed by atoms with E-state index in [2.05, 4.69) is 13.8 Å². The van der Waals surface area contributed by atoms with Crippen molar-refractivity contribution >= 4 is 13.8 Å². The Labute approximate surface area is 297 Å². The van der Waals surface area contributed by atoms with Gasteiger partial charge < -0.3 is 24.6 Å². The predicted octanol–water partition coefficient (Wildman–Crippen LogP) is 11.3. The zero-order valence-corrected chi connectivity index (χ0v) is 32.9. The van der Waals surface area contributed by atoms with Crippen LogP contribution >= 0.6 is 7.82 Å². The number of carbonyl (C=O) groups is 1. The highest BCUT2D eigenvalue weighted by atomic mass is 31.2. The van der Waals surface area contributed by atoms with Gasteiger partial charge in [-0.3, -0.25) is 13.9 Å². The van der Waals surface area contributed by atoms with Gasteiger partial charge in [-0.1, -0.05) is 181 Å². The number of hydrogen-bond donors (Lipinski definition) is 1. The van der Waals surface area contributed by atoms with E-state index in [9.17, 15) is 14.3 Å². The second kappa shape index (κ2) is 34.9. The van der Waals surface area contributed by atoms with Crippen LogP contribution in [-0.4, -0.2) is 38.1 Å². The van der Waals surface area contributed by atoms with E-state index >= 15 is 0 Å². The minimum absolute atomic E-state index is 0.0299. The molecule has 9 heteroatoms. The van der Waals surface area contributed by atoms with Gasteiger partial charge >= 0.3 is 5.97 Å². The molecule has 3 unspecified atom stereocenters. The van der Waals surface area contributed by atoms with Gasteiger partial charge in [0.25, 0.3) is 7.82 Å². The average Bonchev–Trinajstić information content (AvgIpc) is 3.07. The maximum Gasteiger partial charge on any atom is 0.311 e. The van der Waals surface area contributed by atoms with E-state index in [0.717, 1.165) is 32.1 Å². The maximum atomic E-state index is 13.1. The summed E-state index contributed by atoms with van der Waals surface area (Å²) < 4.78 is 34.0. The van der Waals surface area contributed by atoms with Crippen molar-refractivity contribution in [2.75, 3.05) is 19.8 Å². The third-order valence-electron chi connectivity index (χ3n) is 9.33. The van der Waals surface area contributed by atoms with Crippen molar-refractivity contribution in [3.63, 3.8) is 0 Å². The van der Waals surface area contributed by atoms with Gasteiger partial charge in [0.05, 0.1) is 12.5 Å². The number of hydrogen-bond acceptors (Lipinski definition) is 8. The molecule has 8 nitrogen and oxygen atoms in total. The average molecular weight is 705 g/mol. The van der Waals surface area contributed by atoms with Gasteiger partial charge in [-0.2, -0.15) is 0 Å². The fourth-order valence-electron chi connectivity index (χ4n) is 6.10. The van der Waals surface area contributed by atoms with Gasteiger partial charge in [0.15, 0.2) is 0 Å². The topological polar surface area (TPSA) is 120 Å². The van der Waals surface area contributed by atoms with Gasteiger partial charge in [-0.15, -0.1) is 0 Å². The van der Waals surface area contributed by atoms with Crippen LogP contribution in [0, 0.1) is 5.92 Å². The standard InChI is InChI=1S/C39H80NO7P/c1-5-8-10-12-14-16-18-20-21-23-25-27-29-31-34-44-36(4)39(47-48(42,43)45-35-33-40)46-38(41)37(7-3)32-30-28-26-24-22-19-17-15-13-11-9-6-2/h36-37,39H,5-35,40H2,1-4H3,(H,42,43)/p-1/t36-,37?,39?/m1/s1. The maximum absolute atomic E-state index is 13.1. The fraction of sp³-hybridized carbons (Fsp3) is 0.974. The Morgan fingerprint density at radius 3 is 1.42 bits per heavy atom. The number of unbranched alkanes of at least 4 members (excludes halogenated alkanes) is 24. The molecule has 2 N–H and O–H groups in total. The summed E-state index contributed by atoms with van der Waals surface area (Å²) in [5.74, 6) is -0.760. The van der Waals surface area contributed by atoms with Crippen molar-refractivity contribution in [3.8, 4) is 0 Å². The quantitative estimate of drug-likeness (QED) is 0.0292. The highest BCUT2D eigenvalue weighted by Crippen LogP contribution is 2.41. The lowest BCUT2D eigenvalue weighted by Gasteiger charge is -2.31. The summed E-state index contributed by atoms with van der Waals surface area (Å²) in [7, 11) is -4.73. The first-order chi connectivity index (χ1) is 23.3. The summed E-state index contributed by atoms with van der Waals surface area (Å²) in [5.41, 5.74) is 5.40. The Kier molecular flexibility index (Phi) is 34.6. The smallest absolute Gasteiger partial charge is 0.311 e. The number of rotatable bonds is 38. The fourth-order valence-corrected chi connectivity index (χ4v) is 6.96. The van der Waals surface area contributed by atoms with E-state index in [1.165, 1.54) is 135 Å². The van der Waals surface area contributed by atoms with Gasteiger partial charge in [0.2, 0.25) is 6.29 Å². The summed E-state index contributed by atoms with van der Waals surface area (Å²) >= 11 is 0. The normalized spacial score (nSPS) is 14.9. The third kappa shape index (κ3) is 30.3. The van der Waals surface area contributed by atoms with Crippen LogP contribution in [-0.2, 0) is 27.9 Å². The van der Waals surface area contributed by atoms with Crippen LogP contribution in [0.5, 0.6) is 0 Å². The summed E-state index contributed by atoms with van der Waals surface area (Å²) in [4.78, 5) is 25.5. The second-order valence-electron chi connectivity index (χ2n) is 13.9. The minimum atomic E-state index is -4.73. The first-order valence-corrected chi connectivity index (χ1v) is 21.9. The molecule has 0 amide bonds. The van der Waals surface area contributed by atoms with Crippen LogP contribution < -0.4 is 10.6 Å². The molecule has 0 aliphatic heterocycles. The van der Waals surface area contributed by atoms with Gasteiger partial charge in [0.1, 0.15) is 6.10 Å². The van der Waals surface area contributed by atoms with Gasteiger partial charge in [-0.25, -0.2) is 0 Å². The highest BCUT2D eigenvalue weighted by Gasteiger charge is 2.30. The zero-order chi connectivity index (χ0) is 35.6. The van der Waals surface area contributed by atoms with Gasteiger partial charge in [0, 0.05) is 13.2 Å². The third-order valence-corrected chi connectivity index (χ3v) is 10.3. The van der Waals surface area contributed by atoms with Crippen LogP contribution in [0.25, 0.3) is 0 Å². The zero-order valence-electron chi connectivity index (χ0n) is 32.0. The molecule has 0 rings (SSSR count). The Morgan fingerprint density at radius 2 is 1.02 bits per heavy atom. The number of ether oxygens (including phenoxy) is 2. The molecule has 0 radical (unpaired) electrons. The Bertz CT molecular complexity index is 741. The molecule has 0 saturated carbocycles. The lowest BCUT2D eigenvalue weighted by Crippen LogP contribution is -2.36. The molecule has 0 heterocycles. The molecule has 0 fully saturated rings. The van der Waals surface area contributed by atoms with Gasteiger partial charge in [-0.05, 0) is 26.2 Å². The number of nitrogens with two attached hydrogens (primary N) is 1. The van der Waals surface area contributed by atoms with E-state index in [0.29, 0.717) is 19.4 Å². The van der Waals surface area contributed by atoms with E-state index < -0.39 is 26.2 Å². The number of phosphoric acid groups is 1. The van der Waals surface area contributed by atoms with Crippen LogP contribution in [0.3, 0.4) is 0 Å². The van der Waals surface area contributed by atoms with Crippen LogP contribution in [0.15, 0.2) is 0 Å². The second-order valence-corrected chi connectivity index (χ2v) is 15.3. The van der Waals surface area contributed by atoms with Crippen molar-refractivity contribution in [1.29, 1.82) is 0 Å². The Balaban J connectivity index is 4.40. The number of phosphoric ester groups is 1. The first kappa shape index (κ1) is 47.5. The van der Waals surface area contributed by atoms with Crippen molar-refractivity contribution in [2.45, 2.75) is 220 Å². The Hall–Kier alpha value is -0.500. The molecule has 0 aliphatic carbocycles. The van der Waals surface area contributed by atoms with Crippen LogP contribution in [0.1, 0.15) is 207 Å². The largest absolute Gasteiger partial charge is 0.756 e. The lowest BCUT2D eigenvalue weighted by molar-refractivity contribution is -0.254. The lowest BCUT2D eigenvalue weighted by atomic mass is 9.97. The van der Waals surface area contributed by atoms with Crippen molar-refractivity contribution in [2.24, 2.45) is 11.7 Å². The molecule has 4 atom stereocenters. The predicted molar refractivity (Wildman–Crippen MR) is 199 cm³/mol. The molecular formula is C39H79NO7P-. The molecule has 0 saturated heterocycles. The van der Waals surface area contributed by atoms with Crippen molar-refractivity contribution in [3.05, 3.63) is 0 Å². The van der Waals surface area contributed by atoms with E-state index in [-0.39, 0.29) is 19.1 Å². The monoisotopic (exact) mass is 705 g/mol. The molecule has 0 aromatic heterocycles. The minimum Gasteiger partial charge on any atom is -0.756 e. The van der Waals surface area contributed by atoms with E-state index in [1.807, 2.05) is 6.92 Å². The molecule has 0 aromatic carbocycles. The first-order valence-electron chi connectivity index (χ1n) is 20.5. The molecular weight excluding hydrogens is 625 g/mol. The molecule has 48 heavy (non-hydrogen) atoms. The Morgan fingerprint density at radius 1 is 0.625 bits per heavy atom. The summed E-state index contributed by atoms with van der Waals surface area (Å²) in [6, 6.07) is 0. The highest BCUT2D eigenvalue weighted by molar-refractivity contribution is 7.45. The summed E-state index contributed by atoms with van der Waals surface area (Å²) in [6.45, 7) is 8.42. The van der Waals surface area contributed by atoms with Crippen LogP contribution in [0.2, 0.25) is 0 Å². The molecule has 0 aromatic rings. The van der Waals surface area contributed by atoms with Crippen molar-refractivity contribution < 1.29 is 32.8 Å². The molecule has 0 spiro atoms. The van der Waals surface area contributed by atoms with E-state index in [1.54, 1.807) is 6.92 Å². The molecule has 0 bridgehead atoms.